The predicted molar refractivity (Wildman–Crippen MR) is 180 cm³/mol. The first-order chi connectivity index (χ1) is 23.6. The molecule has 0 saturated carbocycles. The van der Waals surface area contributed by atoms with Crippen LogP contribution in [0.5, 0.6) is 0 Å². The highest BCUT2D eigenvalue weighted by Crippen LogP contribution is 2.24. The van der Waals surface area contributed by atoms with Gasteiger partial charge in [-0.1, -0.05) is 86.6 Å². The molecule has 3 rings (SSSR count). The van der Waals surface area contributed by atoms with E-state index in [1.165, 1.54) is 6.92 Å². The molecular weight excluding hydrogens is 655 g/mol. The van der Waals surface area contributed by atoms with Crippen LogP contribution in [0.1, 0.15) is 49.5 Å². The lowest BCUT2D eigenvalue weighted by Gasteiger charge is -2.28. The molecule has 3 aromatic carbocycles. The van der Waals surface area contributed by atoms with Crippen molar-refractivity contribution in [3.8, 4) is 11.1 Å². The fourth-order valence-electron chi connectivity index (χ4n) is 5.05. The second-order valence-corrected chi connectivity index (χ2v) is 12.2. The van der Waals surface area contributed by atoms with Crippen molar-refractivity contribution in [1.82, 2.24) is 21.3 Å². The molecule has 0 radical (unpaired) electrons. The van der Waals surface area contributed by atoms with Crippen LogP contribution in [0.15, 0.2) is 84.9 Å². The number of nitrogens with two attached hydrogens (primary N) is 1. The number of carbonyl (C=O) groups is 5. The number of carbonyl (C=O) groups excluding carboxylic acids is 5. The largest absolute Gasteiger partial charge is 0.416 e. The fourth-order valence-corrected chi connectivity index (χ4v) is 5.05. The maximum absolute atomic E-state index is 13.6. The first-order valence-electron chi connectivity index (χ1n) is 16.0. The molecular formula is C36H42F3N5O6. The van der Waals surface area contributed by atoms with Gasteiger partial charge in [0.1, 0.15) is 18.1 Å². The summed E-state index contributed by atoms with van der Waals surface area (Å²) in [4.78, 5) is 64.3. The quantitative estimate of drug-likeness (QED) is 0.134. The zero-order valence-corrected chi connectivity index (χ0v) is 27.9. The number of hydrogen-bond donors (Lipinski definition) is 6. The number of amides is 5. The highest BCUT2D eigenvalue weighted by Gasteiger charge is 2.44. The Hall–Kier alpha value is -5.24. The first-order valence-corrected chi connectivity index (χ1v) is 16.0. The number of rotatable bonds is 16. The maximum atomic E-state index is 13.6. The summed E-state index contributed by atoms with van der Waals surface area (Å²) in [6.07, 6.45) is -9.28. The minimum Gasteiger partial charge on any atom is -0.382 e. The molecule has 268 valence electrons. The highest BCUT2D eigenvalue weighted by atomic mass is 19.4. The summed E-state index contributed by atoms with van der Waals surface area (Å²) in [5.74, 6) is -4.45. The van der Waals surface area contributed by atoms with Crippen LogP contribution >= 0.6 is 0 Å². The number of aliphatic hydroxyl groups is 1. The van der Waals surface area contributed by atoms with E-state index in [1.54, 1.807) is 68.4 Å². The third-order valence-corrected chi connectivity index (χ3v) is 7.90. The standard InChI is InChI=1S/C36H42F3N5O6/c1-21(2)30(44-33(48)26-16-14-25(15-17-26)24-12-8-5-9-13-24)35(50)43-28(20-23-10-6-4-7-11-23)34(49)41-22(3)32(47)42-27(18-19-29(40)45)31(46)36(37,38)39/h4-17,21-22,27-28,30-31,46H,18-20H2,1-3H3,(H2,40,45)(H,41,49)(H,42,47)(H,43,50)(H,44,48)/t22-,27?,28?,30?,31?/m0/s1. The molecule has 5 atom stereocenters. The third-order valence-electron chi connectivity index (χ3n) is 7.90. The van der Waals surface area contributed by atoms with Crippen LogP contribution in [0.3, 0.4) is 0 Å². The van der Waals surface area contributed by atoms with Gasteiger partial charge in [-0.3, -0.25) is 24.0 Å². The van der Waals surface area contributed by atoms with Crippen molar-refractivity contribution in [3.63, 3.8) is 0 Å². The van der Waals surface area contributed by atoms with Gasteiger partial charge in [-0.2, -0.15) is 13.2 Å². The van der Waals surface area contributed by atoms with Crippen molar-refractivity contribution in [1.29, 1.82) is 0 Å². The molecule has 11 nitrogen and oxygen atoms in total. The minimum atomic E-state index is -5.11. The van der Waals surface area contributed by atoms with Gasteiger partial charge in [-0.25, -0.2) is 0 Å². The maximum Gasteiger partial charge on any atom is 0.416 e. The Bertz CT molecular complexity index is 1600. The van der Waals surface area contributed by atoms with E-state index in [0.717, 1.165) is 11.1 Å². The second-order valence-electron chi connectivity index (χ2n) is 12.2. The summed E-state index contributed by atoms with van der Waals surface area (Å²) < 4.78 is 39.7. The molecule has 0 heterocycles. The topological polar surface area (TPSA) is 180 Å². The Balaban J connectivity index is 1.74. The summed E-state index contributed by atoms with van der Waals surface area (Å²) in [5.41, 5.74) is 7.86. The lowest BCUT2D eigenvalue weighted by molar-refractivity contribution is -0.212. The number of aliphatic hydroxyl groups excluding tert-OH is 1. The Kier molecular flexibility index (Phi) is 14.1. The van der Waals surface area contributed by atoms with Crippen molar-refractivity contribution < 1.29 is 42.3 Å². The first kappa shape index (κ1) is 39.2. The summed E-state index contributed by atoms with van der Waals surface area (Å²) in [6.45, 7) is 4.64. The smallest absolute Gasteiger partial charge is 0.382 e. The van der Waals surface area contributed by atoms with Crippen molar-refractivity contribution in [2.45, 2.75) is 76.5 Å². The molecule has 0 fully saturated rings. The molecule has 7 N–H and O–H groups in total. The Morgan fingerprint density at radius 2 is 1.28 bits per heavy atom. The van der Waals surface area contributed by atoms with Gasteiger partial charge in [0.2, 0.25) is 23.6 Å². The fraction of sp³-hybridized carbons (Fsp3) is 0.361. The van der Waals surface area contributed by atoms with Gasteiger partial charge in [-0.05, 0) is 48.1 Å². The minimum absolute atomic E-state index is 0.0273. The number of primary amides is 1. The lowest BCUT2D eigenvalue weighted by atomic mass is 9.99. The molecule has 0 spiro atoms. The van der Waals surface area contributed by atoms with Gasteiger partial charge < -0.3 is 32.1 Å². The third kappa shape index (κ3) is 11.7. The zero-order chi connectivity index (χ0) is 37.0. The number of halogens is 3. The van der Waals surface area contributed by atoms with E-state index >= 15 is 0 Å². The highest BCUT2D eigenvalue weighted by molar-refractivity contribution is 5.99. The van der Waals surface area contributed by atoms with Crippen LogP contribution in [-0.2, 0) is 25.6 Å². The van der Waals surface area contributed by atoms with Crippen LogP contribution in [-0.4, -0.2) is 71.1 Å². The van der Waals surface area contributed by atoms with E-state index in [-0.39, 0.29) is 6.42 Å². The summed E-state index contributed by atoms with van der Waals surface area (Å²) in [7, 11) is 0. The van der Waals surface area contributed by atoms with Gasteiger partial charge >= 0.3 is 6.18 Å². The molecule has 0 aromatic heterocycles. The van der Waals surface area contributed by atoms with Gasteiger partial charge in [0.25, 0.3) is 5.91 Å². The van der Waals surface area contributed by atoms with Gasteiger partial charge in [0.05, 0.1) is 6.04 Å². The van der Waals surface area contributed by atoms with E-state index in [4.69, 9.17) is 5.73 Å². The van der Waals surface area contributed by atoms with Crippen LogP contribution in [0, 0.1) is 5.92 Å². The monoisotopic (exact) mass is 697 g/mol. The average molecular weight is 698 g/mol. The van der Waals surface area contributed by atoms with Crippen LogP contribution in [0.25, 0.3) is 11.1 Å². The van der Waals surface area contributed by atoms with E-state index in [1.807, 2.05) is 35.6 Å². The summed E-state index contributed by atoms with van der Waals surface area (Å²) >= 11 is 0. The number of benzene rings is 3. The van der Waals surface area contributed by atoms with E-state index in [0.29, 0.717) is 11.1 Å². The number of nitrogens with one attached hydrogen (secondary N) is 4. The molecule has 50 heavy (non-hydrogen) atoms. The number of alkyl halides is 3. The molecule has 3 aromatic rings. The van der Waals surface area contributed by atoms with Crippen LogP contribution < -0.4 is 27.0 Å². The molecule has 5 amide bonds. The molecule has 14 heteroatoms. The second kappa shape index (κ2) is 18.0. The van der Waals surface area contributed by atoms with Crippen LogP contribution in [0.4, 0.5) is 13.2 Å². The van der Waals surface area contributed by atoms with E-state index in [2.05, 4.69) is 16.0 Å². The Morgan fingerprint density at radius 3 is 1.82 bits per heavy atom. The zero-order valence-electron chi connectivity index (χ0n) is 27.9. The summed E-state index contributed by atoms with van der Waals surface area (Å²) in [6, 6.07) is 19.4. The van der Waals surface area contributed by atoms with Gasteiger partial charge in [0, 0.05) is 18.4 Å². The van der Waals surface area contributed by atoms with Crippen molar-refractivity contribution in [3.05, 3.63) is 96.1 Å². The van der Waals surface area contributed by atoms with Crippen molar-refractivity contribution >= 4 is 29.5 Å². The normalized spacial score (nSPS) is 14.4. The van der Waals surface area contributed by atoms with E-state index < -0.39 is 84.7 Å². The average Bonchev–Trinajstić information content (AvgIpc) is 3.08. The van der Waals surface area contributed by atoms with Crippen molar-refractivity contribution in [2.24, 2.45) is 11.7 Å². The Labute approximate surface area is 288 Å². The molecule has 0 saturated heterocycles. The Morgan fingerprint density at radius 1 is 0.720 bits per heavy atom. The summed E-state index contributed by atoms with van der Waals surface area (Å²) in [5, 5.41) is 19.6. The molecule has 0 aliphatic carbocycles. The molecule has 4 unspecified atom stereocenters. The van der Waals surface area contributed by atoms with Gasteiger partial charge in [0.15, 0.2) is 6.10 Å². The lowest BCUT2D eigenvalue weighted by Crippen LogP contribution is -2.59. The molecule has 0 aliphatic heterocycles. The van der Waals surface area contributed by atoms with E-state index in [9.17, 15) is 42.3 Å². The molecule has 0 bridgehead atoms. The van der Waals surface area contributed by atoms with Crippen molar-refractivity contribution in [2.75, 3.05) is 0 Å². The van der Waals surface area contributed by atoms with Gasteiger partial charge in [-0.15, -0.1) is 0 Å². The predicted octanol–water partition coefficient (Wildman–Crippen LogP) is 3.01. The van der Waals surface area contributed by atoms with Crippen LogP contribution in [0.2, 0.25) is 0 Å². The molecule has 0 aliphatic rings. The number of hydrogen-bond acceptors (Lipinski definition) is 6. The SMILES string of the molecule is CC(C)C(NC(=O)c1ccc(-c2ccccc2)cc1)C(=O)NC(Cc1ccccc1)C(=O)N[C@@H](C)C(=O)NC(CCC(N)=O)C(O)C(F)(F)F.